The lowest BCUT2D eigenvalue weighted by Crippen LogP contribution is -2.46. The van der Waals surface area contributed by atoms with E-state index in [1.165, 1.54) is 0 Å². The van der Waals surface area contributed by atoms with Crippen LogP contribution in [0.25, 0.3) is 0 Å². The number of nitrogens with one attached hydrogen (secondary N) is 1. The van der Waals surface area contributed by atoms with E-state index in [1.807, 2.05) is 0 Å². The van der Waals surface area contributed by atoms with Gasteiger partial charge in [-0.15, -0.1) is 0 Å². The van der Waals surface area contributed by atoms with Crippen LogP contribution in [0.2, 0.25) is 0 Å². The molecule has 3 heteroatoms. The number of aliphatic hydroxyl groups is 1. The minimum atomic E-state index is -0.197. The molecule has 2 N–H and O–H groups in total. The fourth-order valence-electron chi connectivity index (χ4n) is 1.43. The molecule has 0 aliphatic carbocycles. The van der Waals surface area contributed by atoms with Crippen molar-refractivity contribution in [3.8, 4) is 0 Å². The summed E-state index contributed by atoms with van der Waals surface area (Å²) in [5.41, 5.74) is 0.137. The Balaban J connectivity index is 3.69. The van der Waals surface area contributed by atoms with Gasteiger partial charge in [-0.25, -0.2) is 0 Å². The Morgan fingerprint density at radius 3 is 2.12 bits per heavy atom. The van der Waals surface area contributed by atoms with Crippen LogP contribution in [-0.2, 0) is 4.74 Å². The van der Waals surface area contributed by atoms with Crippen molar-refractivity contribution in [3.05, 3.63) is 0 Å². The minimum absolute atomic E-state index is 0.162. The number of aliphatic hydroxyl groups excluding tert-OH is 1. The van der Waals surface area contributed by atoms with E-state index in [1.54, 1.807) is 0 Å². The van der Waals surface area contributed by atoms with E-state index < -0.39 is 0 Å². The van der Waals surface area contributed by atoms with Gasteiger partial charge in [-0.2, -0.15) is 0 Å². The molecular weight excluding hydrogens is 214 g/mol. The second-order valence-electron chi connectivity index (χ2n) is 6.32. The second-order valence-corrected chi connectivity index (χ2v) is 6.32. The highest BCUT2D eigenvalue weighted by Gasteiger charge is 2.21. The van der Waals surface area contributed by atoms with Gasteiger partial charge in [0.25, 0.3) is 0 Å². The van der Waals surface area contributed by atoms with Gasteiger partial charge < -0.3 is 15.2 Å². The quantitative estimate of drug-likeness (QED) is 0.614. The van der Waals surface area contributed by atoms with Gasteiger partial charge in [0.05, 0.1) is 6.61 Å². The van der Waals surface area contributed by atoms with E-state index in [0.29, 0.717) is 12.0 Å². The van der Waals surface area contributed by atoms with E-state index in [-0.39, 0.29) is 12.1 Å². The summed E-state index contributed by atoms with van der Waals surface area (Å²) in [7, 11) is 0. The molecule has 0 spiro atoms. The molecule has 0 saturated carbocycles. The number of ether oxygens (including phenoxy) is 1. The monoisotopic (exact) mass is 245 g/mol. The zero-order chi connectivity index (χ0) is 13.4. The topological polar surface area (TPSA) is 41.5 Å². The smallest absolute Gasteiger partial charge is 0.0611 e. The van der Waals surface area contributed by atoms with Gasteiger partial charge in [0, 0.05) is 18.8 Å². The Morgan fingerprint density at radius 2 is 1.65 bits per heavy atom. The molecule has 1 atom stereocenters. The first-order chi connectivity index (χ1) is 7.83. The van der Waals surface area contributed by atoms with E-state index in [4.69, 9.17) is 4.74 Å². The lowest BCUT2D eigenvalue weighted by Gasteiger charge is -2.29. The molecule has 0 amide bonds. The van der Waals surface area contributed by atoms with Crippen molar-refractivity contribution in [1.82, 2.24) is 5.32 Å². The first kappa shape index (κ1) is 16.9. The van der Waals surface area contributed by atoms with Crippen molar-refractivity contribution < 1.29 is 9.84 Å². The van der Waals surface area contributed by atoms with Gasteiger partial charge in [-0.05, 0) is 38.1 Å². The van der Waals surface area contributed by atoms with Gasteiger partial charge >= 0.3 is 0 Å². The summed E-state index contributed by atoms with van der Waals surface area (Å²) >= 11 is 0. The number of rotatable bonds is 9. The summed E-state index contributed by atoms with van der Waals surface area (Å²) in [4.78, 5) is 0. The van der Waals surface area contributed by atoms with Gasteiger partial charge in [-0.3, -0.25) is 0 Å². The van der Waals surface area contributed by atoms with Crippen molar-refractivity contribution in [3.63, 3.8) is 0 Å². The normalized spacial score (nSPS) is 15.9. The molecule has 0 rings (SSSR count). The van der Waals surface area contributed by atoms with Crippen molar-refractivity contribution in [2.75, 3.05) is 26.4 Å². The largest absolute Gasteiger partial charge is 0.394 e. The van der Waals surface area contributed by atoms with Crippen LogP contribution in [0, 0.1) is 5.41 Å². The van der Waals surface area contributed by atoms with Gasteiger partial charge in [-0.1, -0.05) is 27.7 Å². The first-order valence-electron chi connectivity index (χ1n) is 6.76. The Bertz CT molecular complexity index is 189. The molecule has 17 heavy (non-hydrogen) atoms. The standard InChI is InChI=1S/C14H31NO2/c1-6-9-15-14(5,12-16)8-11-17-10-7-13(2,3)4/h15-16H,6-12H2,1-5H3. The molecule has 0 aromatic carbocycles. The molecule has 0 aliphatic heterocycles. The highest BCUT2D eigenvalue weighted by molar-refractivity contribution is 4.81. The zero-order valence-corrected chi connectivity index (χ0v) is 12.3. The van der Waals surface area contributed by atoms with Crippen LogP contribution in [0.1, 0.15) is 53.9 Å². The molecule has 3 nitrogen and oxygen atoms in total. The van der Waals surface area contributed by atoms with Crippen LogP contribution in [0.4, 0.5) is 0 Å². The predicted octanol–water partition coefficient (Wildman–Crippen LogP) is 2.58. The molecule has 1 unspecified atom stereocenters. The highest BCUT2D eigenvalue weighted by atomic mass is 16.5. The third-order valence-electron chi connectivity index (χ3n) is 2.95. The molecule has 104 valence electrons. The molecule has 0 aliphatic rings. The van der Waals surface area contributed by atoms with E-state index in [9.17, 15) is 5.11 Å². The third kappa shape index (κ3) is 9.57. The maximum Gasteiger partial charge on any atom is 0.0611 e. The Hall–Kier alpha value is -0.120. The SMILES string of the molecule is CCCNC(C)(CO)CCOCCC(C)(C)C. The van der Waals surface area contributed by atoms with Crippen LogP contribution in [-0.4, -0.2) is 37.0 Å². The van der Waals surface area contributed by atoms with Gasteiger partial charge in [0.15, 0.2) is 0 Å². The van der Waals surface area contributed by atoms with E-state index in [0.717, 1.165) is 32.4 Å². The summed E-state index contributed by atoms with van der Waals surface area (Å²) in [5, 5.41) is 12.8. The Kier molecular flexibility index (Phi) is 8.01. The van der Waals surface area contributed by atoms with Crippen LogP contribution in [0.3, 0.4) is 0 Å². The molecule has 0 fully saturated rings. The fraction of sp³-hybridized carbons (Fsp3) is 1.00. The number of hydrogen-bond acceptors (Lipinski definition) is 3. The lowest BCUT2D eigenvalue weighted by atomic mass is 9.93. The predicted molar refractivity (Wildman–Crippen MR) is 73.3 cm³/mol. The summed E-state index contributed by atoms with van der Waals surface area (Å²) in [5.74, 6) is 0. The molecule has 0 aromatic rings. The molecule has 0 saturated heterocycles. The van der Waals surface area contributed by atoms with Gasteiger partial charge in [0.1, 0.15) is 0 Å². The average molecular weight is 245 g/mol. The molecular formula is C14H31NO2. The van der Waals surface area contributed by atoms with Crippen LogP contribution >= 0.6 is 0 Å². The van der Waals surface area contributed by atoms with E-state index in [2.05, 4.69) is 39.9 Å². The Labute approximate surface area is 107 Å². The van der Waals surface area contributed by atoms with Crippen LogP contribution in [0.15, 0.2) is 0 Å². The summed E-state index contributed by atoms with van der Waals surface area (Å²) in [6, 6.07) is 0. The maximum absolute atomic E-state index is 9.38. The highest BCUT2D eigenvalue weighted by Crippen LogP contribution is 2.18. The molecule has 0 aromatic heterocycles. The second kappa shape index (κ2) is 8.06. The zero-order valence-electron chi connectivity index (χ0n) is 12.3. The van der Waals surface area contributed by atoms with Crippen LogP contribution in [0.5, 0.6) is 0 Å². The third-order valence-corrected chi connectivity index (χ3v) is 2.95. The lowest BCUT2D eigenvalue weighted by molar-refractivity contribution is 0.0734. The molecule has 0 radical (unpaired) electrons. The van der Waals surface area contributed by atoms with E-state index >= 15 is 0 Å². The minimum Gasteiger partial charge on any atom is -0.394 e. The summed E-state index contributed by atoms with van der Waals surface area (Å²) in [6.45, 7) is 13.5. The maximum atomic E-state index is 9.38. The number of hydrogen-bond donors (Lipinski definition) is 2. The van der Waals surface area contributed by atoms with Crippen molar-refractivity contribution in [2.45, 2.75) is 59.4 Å². The first-order valence-corrected chi connectivity index (χ1v) is 6.76. The molecule has 0 heterocycles. The summed E-state index contributed by atoms with van der Waals surface area (Å²) in [6.07, 6.45) is 3.01. The van der Waals surface area contributed by atoms with Crippen molar-refractivity contribution >= 4 is 0 Å². The van der Waals surface area contributed by atoms with Gasteiger partial charge in [0.2, 0.25) is 0 Å². The fourth-order valence-corrected chi connectivity index (χ4v) is 1.43. The van der Waals surface area contributed by atoms with Crippen molar-refractivity contribution in [1.29, 1.82) is 0 Å². The summed E-state index contributed by atoms with van der Waals surface area (Å²) < 4.78 is 5.64. The average Bonchev–Trinajstić information content (AvgIpc) is 2.24. The Morgan fingerprint density at radius 1 is 1.06 bits per heavy atom. The molecule has 0 bridgehead atoms. The van der Waals surface area contributed by atoms with Crippen molar-refractivity contribution in [2.24, 2.45) is 5.41 Å². The van der Waals surface area contributed by atoms with Crippen LogP contribution < -0.4 is 5.32 Å².